The molecule has 0 radical (unpaired) electrons. The number of rotatable bonds is 3. The highest BCUT2D eigenvalue weighted by atomic mass is 79.9. The van der Waals surface area contributed by atoms with Gasteiger partial charge in [-0.25, -0.2) is 0 Å². The zero-order chi connectivity index (χ0) is 14.8. The minimum Gasteiger partial charge on any atom is -0.392 e. The van der Waals surface area contributed by atoms with Gasteiger partial charge in [0.2, 0.25) is 5.91 Å². The summed E-state index contributed by atoms with van der Waals surface area (Å²) in [5.41, 5.74) is 5.91. The third kappa shape index (κ3) is 3.23. The van der Waals surface area contributed by atoms with Gasteiger partial charge in [-0.2, -0.15) is 0 Å². The largest absolute Gasteiger partial charge is 0.392 e. The molecular weight excluding hydrogens is 404 g/mol. The maximum absolute atomic E-state index is 12.7. The van der Waals surface area contributed by atoms with Crippen molar-refractivity contribution in [3.05, 3.63) is 27.1 Å². The monoisotopic (exact) mass is 418 g/mol. The summed E-state index contributed by atoms with van der Waals surface area (Å²) in [7, 11) is 0. The SMILES string of the molecule is NC(=S)C1(C(=O)Nc2ccc(Br)cc2Br)CCCCC1. The summed E-state index contributed by atoms with van der Waals surface area (Å²) in [4.78, 5) is 13.0. The second kappa shape index (κ2) is 6.54. The maximum Gasteiger partial charge on any atom is 0.237 e. The first-order valence-electron chi connectivity index (χ1n) is 6.52. The predicted octanol–water partition coefficient (Wildman–Crippen LogP) is 4.39. The molecule has 3 nitrogen and oxygen atoms in total. The summed E-state index contributed by atoms with van der Waals surface area (Å²) < 4.78 is 1.78. The van der Waals surface area contributed by atoms with E-state index in [4.69, 9.17) is 18.0 Å². The summed E-state index contributed by atoms with van der Waals surface area (Å²) in [5, 5.41) is 2.96. The Morgan fingerprint density at radius 1 is 1.25 bits per heavy atom. The number of thiocarbonyl (C=S) groups is 1. The molecule has 1 fully saturated rings. The Bertz CT molecular complexity index is 542. The minimum atomic E-state index is -0.694. The first kappa shape index (κ1) is 15.9. The van der Waals surface area contributed by atoms with E-state index in [1.54, 1.807) is 0 Å². The Morgan fingerprint density at radius 2 is 1.90 bits per heavy atom. The zero-order valence-corrected chi connectivity index (χ0v) is 14.9. The molecular formula is C14H16Br2N2OS. The average Bonchev–Trinajstić information content (AvgIpc) is 2.42. The number of carbonyl (C=O) groups is 1. The molecule has 1 amide bonds. The molecule has 6 heteroatoms. The Labute approximate surface area is 140 Å². The van der Waals surface area contributed by atoms with E-state index in [9.17, 15) is 4.79 Å². The molecule has 3 N–H and O–H groups in total. The summed E-state index contributed by atoms with van der Waals surface area (Å²) >= 11 is 12.0. The number of halogens is 2. The molecule has 0 bridgehead atoms. The van der Waals surface area contributed by atoms with Gasteiger partial charge in [0, 0.05) is 8.95 Å². The maximum atomic E-state index is 12.7. The van der Waals surface area contributed by atoms with Crippen LogP contribution >= 0.6 is 44.1 Å². The van der Waals surface area contributed by atoms with Crippen LogP contribution in [-0.4, -0.2) is 10.9 Å². The van der Waals surface area contributed by atoms with Crippen LogP contribution in [0.4, 0.5) is 5.69 Å². The molecule has 1 aromatic rings. The third-order valence-electron chi connectivity index (χ3n) is 3.79. The summed E-state index contributed by atoms with van der Waals surface area (Å²) in [6, 6.07) is 5.63. The molecule has 2 rings (SSSR count). The Hall–Kier alpha value is -0.460. The predicted molar refractivity (Wildman–Crippen MR) is 92.8 cm³/mol. The van der Waals surface area contributed by atoms with Gasteiger partial charge in [0.15, 0.2) is 0 Å². The van der Waals surface area contributed by atoms with Gasteiger partial charge < -0.3 is 11.1 Å². The van der Waals surface area contributed by atoms with Crippen molar-refractivity contribution in [3.63, 3.8) is 0 Å². The Balaban J connectivity index is 2.22. The molecule has 108 valence electrons. The number of benzene rings is 1. The lowest BCUT2D eigenvalue weighted by Gasteiger charge is -2.34. The Kier molecular flexibility index (Phi) is 5.20. The molecule has 1 aliphatic carbocycles. The summed E-state index contributed by atoms with van der Waals surface area (Å²) in [5.74, 6) is -0.0901. The number of hydrogen-bond acceptors (Lipinski definition) is 2. The van der Waals surface area contributed by atoms with Crippen molar-refractivity contribution < 1.29 is 4.79 Å². The van der Waals surface area contributed by atoms with E-state index in [0.29, 0.717) is 4.99 Å². The van der Waals surface area contributed by atoms with Gasteiger partial charge in [-0.3, -0.25) is 4.79 Å². The van der Waals surface area contributed by atoms with E-state index >= 15 is 0 Å². The van der Waals surface area contributed by atoms with E-state index in [2.05, 4.69) is 37.2 Å². The van der Waals surface area contributed by atoms with Gasteiger partial charge in [0.1, 0.15) is 0 Å². The van der Waals surface area contributed by atoms with Gasteiger partial charge in [0.05, 0.1) is 16.1 Å². The Morgan fingerprint density at radius 3 is 2.45 bits per heavy atom. The van der Waals surface area contributed by atoms with Crippen LogP contribution in [0.1, 0.15) is 32.1 Å². The number of carbonyl (C=O) groups excluding carboxylic acids is 1. The van der Waals surface area contributed by atoms with E-state index in [1.807, 2.05) is 18.2 Å². The van der Waals surface area contributed by atoms with Gasteiger partial charge >= 0.3 is 0 Å². The highest BCUT2D eigenvalue weighted by molar-refractivity contribution is 9.11. The third-order valence-corrected chi connectivity index (χ3v) is 5.33. The quantitative estimate of drug-likeness (QED) is 0.714. The normalized spacial score (nSPS) is 17.5. The van der Waals surface area contributed by atoms with Crippen molar-refractivity contribution >= 4 is 60.7 Å². The second-order valence-electron chi connectivity index (χ2n) is 5.09. The fraction of sp³-hybridized carbons (Fsp3) is 0.429. The van der Waals surface area contributed by atoms with Crippen LogP contribution in [0.15, 0.2) is 27.1 Å². The lowest BCUT2D eigenvalue weighted by atomic mass is 9.73. The highest BCUT2D eigenvalue weighted by Gasteiger charge is 2.42. The first-order chi connectivity index (χ1) is 9.45. The van der Waals surface area contributed by atoms with Crippen LogP contribution in [-0.2, 0) is 4.79 Å². The van der Waals surface area contributed by atoms with Crippen molar-refractivity contribution in [2.45, 2.75) is 32.1 Å². The molecule has 1 saturated carbocycles. The molecule has 1 aromatic carbocycles. The van der Waals surface area contributed by atoms with Crippen molar-refractivity contribution in [2.75, 3.05) is 5.32 Å². The molecule has 1 aliphatic rings. The number of nitrogens with one attached hydrogen (secondary N) is 1. The van der Waals surface area contributed by atoms with Gasteiger partial charge in [-0.15, -0.1) is 0 Å². The van der Waals surface area contributed by atoms with Crippen LogP contribution in [0.3, 0.4) is 0 Å². The van der Waals surface area contributed by atoms with E-state index in [0.717, 1.165) is 46.7 Å². The molecule has 0 aliphatic heterocycles. The van der Waals surface area contributed by atoms with E-state index in [-0.39, 0.29) is 5.91 Å². The van der Waals surface area contributed by atoms with Crippen LogP contribution in [0, 0.1) is 5.41 Å². The lowest BCUT2D eigenvalue weighted by Crippen LogP contribution is -2.47. The number of hydrogen-bond donors (Lipinski definition) is 2. The molecule has 0 unspecified atom stereocenters. The van der Waals surface area contributed by atoms with Crippen LogP contribution in [0.25, 0.3) is 0 Å². The van der Waals surface area contributed by atoms with Crippen molar-refractivity contribution in [1.29, 1.82) is 0 Å². The fourth-order valence-electron chi connectivity index (χ4n) is 2.57. The van der Waals surface area contributed by atoms with Crippen molar-refractivity contribution in [1.82, 2.24) is 0 Å². The van der Waals surface area contributed by atoms with Crippen molar-refractivity contribution in [3.8, 4) is 0 Å². The minimum absolute atomic E-state index is 0.0901. The molecule has 20 heavy (non-hydrogen) atoms. The molecule has 0 heterocycles. The van der Waals surface area contributed by atoms with E-state index in [1.165, 1.54) is 0 Å². The van der Waals surface area contributed by atoms with Crippen LogP contribution in [0.2, 0.25) is 0 Å². The first-order valence-corrected chi connectivity index (χ1v) is 8.51. The number of anilines is 1. The zero-order valence-electron chi connectivity index (χ0n) is 10.9. The number of nitrogens with two attached hydrogens (primary N) is 1. The molecule has 0 atom stereocenters. The molecule has 0 aromatic heterocycles. The van der Waals surface area contributed by atoms with Gasteiger partial charge in [0.25, 0.3) is 0 Å². The summed E-state index contributed by atoms with van der Waals surface area (Å²) in [6.07, 6.45) is 4.60. The van der Waals surface area contributed by atoms with Crippen LogP contribution < -0.4 is 11.1 Å². The number of amides is 1. The highest BCUT2D eigenvalue weighted by Crippen LogP contribution is 2.38. The van der Waals surface area contributed by atoms with Gasteiger partial charge in [-0.1, -0.05) is 47.4 Å². The molecule has 0 spiro atoms. The van der Waals surface area contributed by atoms with E-state index < -0.39 is 5.41 Å². The average molecular weight is 420 g/mol. The van der Waals surface area contributed by atoms with Crippen LogP contribution in [0.5, 0.6) is 0 Å². The smallest absolute Gasteiger partial charge is 0.237 e. The lowest BCUT2D eigenvalue weighted by molar-refractivity contribution is -0.123. The second-order valence-corrected chi connectivity index (χ2v) is 7.30. The van der Waals surface area contributed by atoms with Gasteiger partial charge in [-0.05, 0) is 47.0 Å². The topological polar surface area (TPSA) is 55.1 Å². The fourth-order valence-corrected chi connectivity index (χ4v) is 4.02. The summed E-state index contributed by atoms with van der Waals surface area (Å²) in [6.45, 7) is 0. The van der Waals surface area contributed by atoms with Crippen molar-refractivity contribution in [2.24, 2.45) is 11.1 Å². The molecule has 0 saturated heterocycles. The standard InChI is InChI=1S/C14H16Br2N2OS/c15-9-4-5-11(10(16)8-9)18-13(19)14(12(17)20)6-2-1-3-7-14/h4-5,8H,1-3,6-7H2,(H2,17,20)(H,18,19).